The second kappa shape index (κ2) is 7.22. The Kier molecular flexibility index (Phi) is 5.32. The molecule has 0 aliphatic rings. The Balaban J connectivity index is 2.17. The minimum atomic E-state index is -0.154. The smallest absolute Gasteiger partial charge is 0.253 e. The normalized spacial score (nSPS) is 12.5. The molecule has 122 valence electrons. The van der Waals surface area contributed by atoms with Crippen molar-refractivity contribution >= 4 is 5.91 Å². The Morgan fingerprint density at radius 3 is 2.57 bits per heavy atom. The Hall–Kier alpha value is -2.43. The molecule has 0 radical (unpaired) electrons. The van der Waals surface area contributed by atoms with E-state index in [9.17, 15) is 4.79 Å². The molecular formula is C18H23N3O2. The van der Waals surface area contributed by atoms with Crippen LogP contribution in [-0.2, 0) is 0 Å². The monoisotopic (exact) mass is 313 g/mol. The van der Waals surface area contributed by atoms with Crippen LogP contribution in [0, 0.1) is 5.41 Å². The first-order valence-corrected chi connectivity index (χ1v) is 7.60. The van der Waals surface area contributed by atoms with Crippen molar-refractivity contribution in [1.29, 1.82) is 0 Å². The number of carbonyl (C=O) groups is 1. The lowest BCUT2D eigenvalue weighted by Crippen LogP contribution is -2.31. The average molecular weight is 313 g/mol. The molecule has 0 unspecified atom stereocenters. The topological polar surface area (TPSA) is 64.1 Å². The second-order valence-corrected chi connectivity index (χ2v) is 6.67. The number of amides is 1. The number of pyridine rings is 2. The molecule has 2 aromatic rings. The minimum Gasteiger partial charge on any atom is -0.481 e. The van der Waals surface area contributed by atoms with Gasteiger partial charge >= 0.3 is 0 Å². The first-order valence-electron chi connectivity index (χ1n) is 7.60. The fourth-order valence-electron chi connectivity index (χ4n) is 2.32. The van der Waals surface area contributed by atoms with Gasteiger partial charge in [-0.1, -0.05) is 26.8 Å². The fourth-order valence-corrected chi connectivity index (χ4v) is 2.32. The zero-order chi connectivity index (χ0) is 16.9. The van der Waals surface area contributed by atoms with Crippen LogP contribution in [0.3, 0.4) is 0 Å². The SMILES string of the molecule is COc1ccc(C(=O)N[C@@H](CC(C)(C)C)c2cccnc2)cn1. The third-order valence-electron chi connectivity index (χ3n) is 3.42. The van der Waals surface area contributed by atoms with Gasteiger partial charge < -0.3 is 10.1 Å². The van der Waals surface area contributed by atoms with Crippen LogP contribution < -0.4 is 10.1 Å². The molecule has 0 saturated carbocycles. The molecule has 1 amide bonds. The van der Waals surface area contributed by atoms with Gasteiger partial charge in [-0.2, -0.15) is 0 Å². The lowest BCUT2D eigenvalue weighted by Gasteiger charge is -2.27. The molecule has 1 atom stereocenters. The number of nitrogens with one attached hydrogen (secondary N) is 1. The Morgan fingerprint density at radius 2 is 2.04 bits per heavy atom. The van der Waals surface area contributed by atoms with Gasteiger partial charge in [0, 0.05) is 24.7 Å². The lowest BCUT2D eigenvalue weighted by atomic mass is 9.85. The molecule has 0 spiro atoms. The van der Waals surface area contributed by atoms with Gasteiger partial charge in [-0.3, -0.25) is 9.78 Å². The summed E-state index contributed by atoms with van der Waals surface area (Å²) in [4.78, 5) is 20.7. The maximum absolute atomic E-state index is 12.5. The van der Waals surface area contributed by atoms with E-state index >= 15 is 0 Å². The summed E-state index contributed by atoms with van der Waals surface area (Å²) in [5.41, 5.74) is 1.58. The number of ether oxygens (including phenoxy) is 1. The highest BCUT2D eigenvalue weighted by Gasteiger charge is 2.22. The van der Waals surface area contributed by atoms with Crippen LogP contribution in [0.25, 0.3) is 0 Å². The zero-order valence-electron chi connectivity index (χ0n) is 14.0. The van der Waals surface area contributed by atoms with Crippen molar-refractivity contribution in [2.75, 3.05) is 7.11 Å². The molecule has 0 saturated heterocycles. The van der Waals surface area contributed by atoms with Gasteiger partial charge in [0.1, 0.15) is 0 Å². The van der Waals surface area contributed by atoms with E-state index in [4.69, 9.17) is 4.74 Å². The zero-order valence-corrected chi connectivity index (χ0v) is 14.0. The number of nitrogens with zero attached hydrogens (tertiary/aromatic N) is 2. The van der Waals surface area contributed by atoms with Crippen molar-refractivity contribution in [2.24, 2.45) is 5.41 Å². The van der Waals surface area contributed by atoms with E-state index in [1.807, 2.05) is 12.1 Å². The molecule has 5 heteroatoms. The fraction of sp³-hybridized carbons (Fsp3) is 0.389. The van der Waals surface area contributed by atoms with Crippen molar-refractivity contribution in [3.05, 3.63) is 54.0 Å². The quantitative estimate of drug-likeness (QED) is 0.919. The van der Waals surface area contributed by atoms with Crippen molar-refractivity contribution in [3.63, 3.8) is 0 Å². The number of rotatable bonds is 5. The van der Waals surface area contributed by atoms with Gasteiger partial charge in [0.05, 0.1) is 18.7 Å². The van der Waals surface area contributed by atoms with Crippen LogP contribution in [0.5, 0.6) is 5.88 Å². The third-order valence-corrected chi connectivity index (χ3v) is 3.42. The number of methoxy groups -OCH3 is 1. The predicted molar refractivity (Wildman–Crippen MR) is 89.3 cm³/mol. The summed E-state index contributed by atoms with van der Waals surface area (Å²) in [6.45, 7) is 6.45. The molecule has 2 aromatic heterocycles. The van der Waals surface area contributed by atoms with Crippen LogP contribution in [-0.4, -0.2) is 23.0 Å². The molecule has 0 fully saturated rings. The Bertz CT molecular complexity index is 634. The molecule has 2 heterocycles. The number of aromatic nitrogens is 2. The van der Waals surface area contributed by atoms with Crippen molar-refractivity contribution in [3.8, 4) is 5.88 Å². The molecular weight excluding hydrogens is 290 g/mol. The van der Waals surface area contributed by atoms with Gasteiger partial charge in [-0.15, -0.1) is 0 Å². The first-order chi connectivity index (χ1) is 10.9. The van der Waals surface area contributed by atoms with E-state index in [1.54, 1.807) is 31.6 Å². The summed E-state index contributed by atoms with van der Waals surface area (Å²) in [5.74, 6) is 0.332. The van der Waals surface area contributed by atoms with E-state index in [-0.39, 0.29) is 17.4 Å². The average Bonchev–Trinajstić information content (AvgIpc) is 2.54. The Morgan fingerprint density at radius 1 is 1.26 bits per heavy atom. The molecule has 0 aliphatic heterocycles. The summed E-state index contributed by atoms with van der Waals surface area (Å²) in [6, 6.07) is 7.15. The number of hydrogen-bond donors (Lipinski definition) is 1. The number of carbonyl (C=O) groups excluding carboxylic acids is 1. The molecule has 5 nitrogen and oxygen atoms in total. The van der Waals surface area contributed by atoms with E-state index in [2.05, 4.69) is 36.1 Å². The van der Waals surface area contributed by atoms with Crippen LogP contribution >= 0.6 is 0 Å². The maximum Gasteiger partial charge on any atom is 0.253 e. The summed E-state index contributed by atoms with van der Waals surface area (Å²) in [7, 11) is 1.55. The highest BCUT2D eigenvalue weighted by atomic mass is 16.5. The van der Waals surface area contributed by atoms with Gasteiger partial charge in [0.25, 0.3) is 5.91 Å². The van der Waals surface area contributed by atoms with Crippen molar-refractivity contribution < 1.29 is 9.53 Å². The molecule has 2 rings (SSSR count). The molecule has 23 heavy (non-hydrogen) atoms. The second-order valence-electron chi connectivity index (χ2n) is 6.67. The van der Waals surface area contributed by atoms with Gasteiger partial charge in [0.15, 0.2) is 0 Å². The van der Waals surface area contributed by atoms with Crippen molar-refractivity contribution in [1.82, 2.24) is 15.3 Å². The summed E-state index contributed by atoms with van der Waals surface area (Å²) in [6.07, 6.45) is 5.86. The van der Waals surface area contributed by atoms with Gasteiger partial charge in [-0.25, -0.2) is 4.98 Å². The standard InChI is InChI=1S/C18H23N3O2/c1-18(2,3)10-15(13-6-5-9-19-11-13)21-17(22)14-7-8-16(23-4)20-12-14/h5-9,11-12,15H,10H2,1-4H3,(H,21,22)/t15-/m0/s1. The highest BCUT2D eigenvalue weighted by molar-refractivity contribution is 5.94. The van der Waals surface area contributed by atoms with Gasteiger partial charge in [0.2, 0.25) is 5.88 Å². The largest absolute Gasteiger partial charge is 0.481 e. The van der Waals surface area contributed by atoms with Crippen LogP contribution in [0.15, 0.2) is 42.9 Å². The molecule has 1 N–H and O–H groups in total. The van der Waals surface area contributed by atoms with Crippen LogP contribution in [0.4, 0.5) is 0 Å². The maximum atomic E-state index is 12.5. The summed E-state index contributed by atoms with van der Waals surface area (Å²) in [5, 5.41) is 3.08. The third kappa shape index (κ3) is 5.06. The van der Waals surface area contributed by atoms with Crippen LogP contribution in [0.1, 0.15) is 49.2 Å². The summed E-state index contributed by atoms with van der Waals surface area (Å²) >= 11 is 0. The highest BCUT2D eigenvalue weighted by Crippen LogP contribution is 2.29. The van der Waals surface area contributed by atoms with Crippen molar-refractivity contribution in [2.45, 2.75) is 33.2 Å². The lowest BCUT2D eigenvalue weighted by molar-refractivity contribution is 0.0926. The molecule has 0 bridgehead atoms. The molecule has 0 aromatic carbocycles. The predicted octanol–water partition coefficient (Wildman–Crippen LogP) is 3.39. The van der Waals surface area contributed by atoms with Gasteiger partial charge in [-0.05, 0) is 29.5 Å². The van der Waals surface area contributed by atoms with E-state index in [0.717, 1.165) is 12.0 Å². The Labute approximate surface area is 137 Å². The first kappa shape index (κ1) is 16.9. The minimum absolute atomic E-state index is 0.0753. The van der Waals surface area contributed by atoms with E-state index in [1.165, 1.54) is 6.20 Å². The summed E-state index contributed by atoms with van der Waals surface area (Å²) < 4.78 is 5.01. The number of hydrogen-bond acceptors (Lipinski definition) is 4. The van der Waals surface area contributed by atoms with Crippen LogP contribution in [0.2, 0.25) is 0 Å². The van der Waals surface area contributed by atoms with E-state index in [0.29, 0.717) is 11.4 Å². The van der Waals surface area contributed by atoms with E-state index < -0.39 is 0 Å². The molecule has 0 aliphatic carbocycles.